The largest absolute Gasteiger partial charge is 0.370 e. The van der Waals surface area contributed by atoms with E-state index < -0.39 is 0 Å². The quantitative estimate of drug-likeness (QED) is 0.729. The van der Waals surface area contributed by atoms with Gasteiger partial charge in [-0.25, -0.2) is 9.97 Å². The van der Waals surface area contributed by atoms with Crippen molar-refractivity contribution in [3.63, 3.8) is 0 Å². The van der Waals surface area contributed by atoms with Gasteiger partial charge in [0, 0.05) is 18.7 Å². The van der Waals surface area contributed by atoms with E-state index >= 15 is 0 Å². The summed E-state index contributed by atoms with van der Waals surface area (Å²) in [6.07, 6.45) is 8.02. The fraction of sp³-hybridized carbons (Fsp3) is 0.714. The van der Waals surface area contributed by atoms with Gasteiger partial charge in [0.2, 0.25) is 0 Å². The van der Waals surface area contributed by atoms with E-state index in [4.69, 9.17) is 0 Å². The highest BCUT2D eigenvalue weighted by atomic mass is 15.1. The van der Waals surface area contributed by atoms with E-state index in [1.807, 2.05) is 6.07 Å². The molecule has 3 rings (SSSR count). The monoisotopic (exact) mass is 261 g/mol. The summed E-state index contributed by atoms with van der Waals surface area (Å²) in [5, 5.41) is 10.3. The molecule has 0 amide bonds. The van der Waals surface area contributed by atoms with Crippen molar-refractivity contribution < 1.29 is 0 Å². The minimum Gasteiger partial charge on any atom is -0.370 e. The molecule has 1 aromatic heterocycles. The lowest BCUT2D eigenvalue weighted by Gasteiger charge is -2.26. The molecule has 0 spiro atoms. The van der Waals surface area contributed by atoms with Gasteiger partial charge in [0.15, 0.2) is 0 Å². The lowest BCUT2D eigenvalue weighted by Crippen LogP contribution is -2.27. The van der Waals surface area contributed by atoms with Crippen molar-refractivity contribution in [2.24, 2.45) is 5.92 Å². The Hall–Kier alpha value is -1.36. The maximum Gasteiger partial charge on any atom is 0.131 e. The molecule has 1 saturated carbocycles. The Bertz CT molecular complexity index is 399. The number of nitrogens with zero attached hydrogens (tertiary/aromatic N) is 2. The van der Waals surface area contributed by atoms with E-state index in [1.54, 1.807) is 6.33 Å². The molecule has 1 atom stereocenters. The second-order valence-corrected chi connectivity index (χ2v) is 5.63. The van der Waals surface area contributed by atoms with Crippen molar-refractivity contribution in [3.05, 3.63) is 12.4 Å². The van der Waals surface area contributed by atoms with Gasteiger partial charge in [0.1, 0.15) is 18.0 Å². The summed E-state index contributed by atoms with van der Waals surface area (Å²) >= 11 is 0. The van der Waals surface area contributed by atoms with Crippen LogP contribution in [0.2, 0.25) is 0 Å². The molecule has 1 unspecified atom stereocenters. The molecular weight excluding hydrogens is 238 g/mol. The van der Waals surface area contributed by atoms with Gasteiger partial charge in [0.05, 0.1) is 0 Å². The fourth-order valence-corrected chi connectivity index (χ4v) is 2.66. The Morgan fingerprint density at radius 2 is 2.11 bits per heavy atom. The summed E-state index contributed by atoms with van der Waals surface area (Å²) in [7, 11) is 0. The van der Waals surface area contributed by atoms with Crippen molar-refractivity contribution >= 4 is 11.6 Å². The summed E-state index contributed by atoms with van der Waals surface area (Å²) in [6, 6.07) is 2.64. The number of hydrogen-bond acceptors (Lipinski definition) is 5. The average molecular weight is 261 g/mol. The molecular formula is C14H23N5. The molecule has 0 bridgehead atoms. The molecule has 1 aliphatic heterocycles. The van der Waals surface area contributed by atoms with Crippen LogP contribution in [-0.4, -0.2) is 35.6 Å². The van der Waals surface area contributed by atoms with Gasteiger partial charge in [-0.2, -0.15) is 0 Å². The SMILES string of the molecule is c1nc(NCCC2CCNC2)cc(NC2CCC2)n1. The fourth-order valence-electron chi connectivity index (χ4n) is 2.66. The maximum absolute atomic E-state index is 4.28. The second-order valence-electron chi connectivity index (χ2n) is 5.63. The number of rotatable bonds is 6. The third kappa shape index (κ3) is 3.56. The van der Waals surface area contributed by atoms with Gasteiger partial charge in [-0.15, -0.1) is 0 Å². The van der Waals surface area contributed by atoms with Crippen molar-refractivity contribution in [1.29, 1.82) is 0 Å². The Balaban J connectivity index is 1.45. The minimum atomic E-state index is 0.618. The molecule has 2 fully saturated rings. The van der Waals surface area contributed by atoms with E-state index in [2.05, 4.69) is 25.9 Å². The lowest BCUT2D eigenvalue weighted by molar-refractivity contribution is 0.444. The van der Waals surface area contributed by atoms with E-state index in [-0.39, 0.29) is 0 Å². The van der Waals surface area contributed by atoms with Crippen LogP contribution < -0.4 is 16.0 Å². The zero-order valence-electron chi connectivity index (χ0n) is 11.4. The molecule has 19 heavy (non-hydrogen) atoms. The van der Waals surface area contributed by atoms with Crippen LogP contribution >= 0.6 is 0 Å². The van der Waals surface area contributed by atoms with Gasteiger partial charge in [-0.1, -0.05) is 0 Å². The summed E-state index contributed by atoms with van der Waals surface area (Å²) in [5.41, 5.74) is 0. The van der Waals surface area contributed by atoms with Crippen LogP contribution in [0.3, 0.4) is 0 Å². The topological polar surface area (TPSA) is 61.9 Å². The first kappa shape index (κ1) is 12.7. The maximum atomic E-state index is 4.28. The summed E-state index contributed by atoms with van der Waals surface area (Å²) in [6.45, 7) is 3.33. The molecule has 1 aliphatic carbocycles. The summed E-state index contributed by atoms with van der Waals surface area (Å²) in [4.78, 5) is 8.55. The van der Waals surface area contributed by atoms with Crippen molar-refractivity contribution in [2.75, 3.05) is 30.3 Å². The van der Waals surface area contributed by atoms with Gasteiger partial charge in [-0.05, 0) is 51.1 Å². The Morgan fingerprint density at radius 1 is 1.21 bits per heavy atom. The van der Waals surface area contributed by atoms with Crippen LogP contribution in [-0.2, 0) is 0 Å². The lowest BCUT2D eigenvalue weighted by atomic mass is 9.93. The number of anilines is 2. The van der Waals surface area contributed by atoms with Gasteiger partial charge in [-0.3, -0.25) is 0 Å². The van der Waals surface area contributed by atoms with Crippen LogP contribution in [0.25, 0.3) is 0 Å². The molecule has 2 heterocycles. The molecule has 0 radical (unpaired) electrons. The predicted molar refractivity (Wildman–Crippen MR) is 77.4 cm³/mol. The van der Waals surface area contributed by atoms with E-state index in [0.29, 0.717) is 6.04 Å². The number of nitrogens with one attached hydrogen (secondary N) is 3. The molecule has 104 valence electrons. The summed E-state index contributed by atoms with van der Waals surface area (Å²) in [5.74, 6) is 2.70. The van der Waals surface area contributed by atoms with Crippen molar-refractivity contribution in [1.82, 2.24) is 15.3 Å². The number of aromatic nitrogens is 2. The first-order chi connectivity index (χ1) is 9.40. The highest BCUT2D eigenvalue weighted by molar-refractivity contribution is 5.47. The second kappa shape index (κ2) is 6.19. The van der Waals surface area contributed by atoms with E-state index in [9.17, 15) is 0 Å². The van der Waals surface area contributed by atoms with Gasteiger partial charge >= 0.3 is 0 Å². The zero-order valence-corrected chi connectivity index (χ0v) is 11.4. The van der Waals surface area contributed by atoms with Crippen LogP contribution in [0.1, 0.15) is 32.1 Å². The molecule has 2 aliphatic rings. The molecule has 0 aromatic carbocycles. The van der Waals surface area contributed by atoms with Crippen LogP contribution in [0.4, 0.5) is 11.6 Å². The molecule has 5 nitrogen and oxygen atoms in total. The minimum absolute atomic E-state index is 0.618. The van der Waals surface area contributed by atoms with Gasteiger partial charge in [0.25, 0.3) is 0 Å². The molecule has 5 heteroatoms. The van der Waals surface area contributed by atoms with E-state index in [0.717, 1.165) is 24.1 Å². The molecule has 3 N–H and O–H groups in total. The van der Waals surface area contributed by atoms with Crippen LogP contribution in [0, 0.1) is 5.92 Å². The molecule has 1 saturated heterocycles. The Morgan fingerprint density at radius 3 is 2.84 bits per heavy atom. The highest BCUT2D eigenvalue weighted by Crippen LogP contribution is 2.22. The third-order valence-electron chi connectivity index (χ3n) is 4.15. The van der Waals surface area contributed by atoms with Crippen LogP contribution in [0.15, 0.2) is 12.4 Å². The Kier molecular flexibility index (Phi) is 4.13. The first-order valence-corrected chi connectivity index (χ1v) is 7.43. The third-order valence-corrected chi connectivity index (χ3v) is 4.15. The highest BCUT2D eigenvalue weighted by Gasteiger charge is 2.17. The predicted octanol–water partition coefficient (Wildman–Crippen LogP) is 1.85. The molecule has 1 aromatic rings. The van der Waals surface area contributed by atoms with E-state index in [1.165, 1.54) is 45.2 Å². The smallest absolute Gasteiger partial charge is 0.131 e. The zero-order chi connectivity index (χ0) is 12.9. The van der Waals surface area contributed by atoms with Crippen molar-refractivity contribution in [3.8, 4) is 0 Å². The average Bonchev–Trinajstić information content (AvgIpc) is 2.88. The Labute approximate surface area is 114 Å². The van der Waals surface area contributed by atoms with Crippen molar-refractivity contribution in [2.45, 2.75) is 38.1 Å². The van der Waals surface area contributed by atoms with Gasteiger partial charge < -0.3 is 16.0 Å². The normalized spacial score (nSPS) is 23.1. The number of hydrogen-bond donors (Lipinski definition) is 3. The van der Waals surface area contributed by atoms with Crippen LogP contribution in [0.5, 0.6) is 0 Å². The first-order valence-electron chi connectivity index (χ1n) is 7.43. The standard InChI is InChI=1S/C14H23N5/c1-2-12(3-1)19-14-8-13(17-10-18-14)16-7-5-11-4-6-15-9-11/h8,10-12,15H,1-7,9H2,(H2,16,17,18,19). The summed E-state index contributed by atoms with van der Waals surface area (Å²) < 4.78 is 0.